The largest absolute Gasteiger partial charge is 0.497 e. The minimum Gasteiger partial charge on any atom is -0.497 e. The molecule has 0 aliphatic carbocycles. The fourth-order valence-electron chi connectivity index (χ4n) is 4.16. The average molecular weight is 439 g/mol. The van der Waals surface area contributed by atoms with Crippen LogP contribution in [-0.2, 0) is 4.74 Å². The van der Waals surface area contributed by atoms with E-state index in [2.05, 4.69) is 0 Å². The predicted molar refractivity (Wildman–Crippen MR) is 120 cm³/mol. The summed E-state index contributed by atoms with van der Waals surface area (Å²) < 4.78 is 16.5. The van der Waals surface area contributed by atoms with Gasteiger partial charge in [0.25, 0.3) is 11.8 Å². The Morgan fingerprint density at radius 1 is 0.875 bits per heavy atom. The SMILES string of the molecule is COc1ccc(C(=O)N2CCCC(COc3ccc(C(=O)N4CCOCC4)cc3)C2)cc1. The van der Waals surface area contributed by atoms with Gasteiger partial charge >= 0.3 is 0 Å². The topological polar surface area (TPSA) is 68.3 Å². The molecule has 1 atom stereocenters. The first kappa shape index (κ1) is 22.1. The lowest BCUT2D eigenvalue weighted by Gasteiger charge is -2.32. The van der Waals surface area contributed by atoms with Gasteiger partial charge in [-0.25, -0.2) is 0 Å². The number of morpholine rings is 1. The number of rotatable bonds is 6. The summed E-state index contributed by atoms with van der Waals surface area (Å²) in [7, 11) is 1.61. The lowest BCUT2D eigenvalue weighted by Crippen LogP contribution is -2.41. The molecular weight excluding hydrogens is 408 g/mol. The van der Waals surface area contributed by atoms with Crippen LogP contribution >= 0.6 is 0 Å². The first-order valence-corrected chi connectivity index (χ1v) is 11.2. The van der Waals surface area contributed by atoms with Gasteiger partial charge in [0.1, 0.15) is 11.5 Å². The molecule has 0 N–H and O–H groups in total. The van der Waals surface area contributed by atoms with Crippen LogP contribution in [0.2, 0.25) is 0 Å². The van der Waals surface area contributed by atoms with Crippen molar-refractivity contribution in [3.05, 3.63) is 59.7 Å². The monoisotopic (exact) mass is 438 g/mol. The molecule has 1 unspecified atom stereocenters. The summed E-state index contributed by atoms with van der Waals surface area (Å²) in [6.07, 6.45) is 1.99. The molecule has 0 aromatic heterocycles. The van der Waals surface area contributed by atoms with Crippen LogP contribution < -0.4 is 9.47 Å². The minimum absolute atomic E-state index is 0.0276. The van der Waals surface area contributed by atoms with Gasteiger partial charge in [-0.15, -0.1) is 0 Å². The van der Waals surface area contributed by atoms with Crippen molar-refractivity contribution in [2.45, 2.75) is 12.8 Å². The quantitative estimate of drug-likeness (QED) is 0.693. The number of hydrogen-bond donors (Lipinski definition) is 0. The number of amides is 2. The Bertz CT molecular complexity index is 907. The van der Waals surface area contributed by atoms with Crippen molar-refractivity contribution in [2.75, 3.05) is 53.1 Å². The highest BCUT2D eigenvalue weighted by atomic mass is 16.5. The number of carbonyl (C=O) groups is 2. The number of benzene rings is 2. The number of carbonyl (C=O) groups excluding carboxylic acids is 2. The van der Waals surface area contributed by atoms with Crippen LogP contribution in [0.3, 0.4) is 0 Å². The number of nitrogens with zero attached hydrogens (tertiary/aromatic N) is 2. The van der Waals surface area contributed by atoms with Gasteiger partial charge in [-0.05, 0) is 61.4 Å². The highest BCUT2D eigenvalue weighted by Crippen LogP contribution is 2.22. The molecule has 0 saturated carbocycles. The number of piperidine rings is 1. The Hall–Kier alpha value is -3.06. The standard InChI is InChI=1S/C25H30N2O5/c1-30-22-8-4-21(5-9-22)25(29)27-12-2-3-19(17-27)18-32-23-10-6-20(7-11-23)24(28)26-13-15-31-16-14-26/h4-11,19H,2-3,12-18H2,1H3. The van der Waals surface area contributed by atoms with Crippen LogP contribution in [0.4, 0.5) is 0 Å². The van der Waals surface area contributed by atoms with Gasteiger partial charge in [0.05, 0.1) is 26.9 Å². The fraction of sp³-hybridized carbons (Fsp3) is 0.440. The Labute approximate surface area is 188 Å². The zero-order valence-electron chi connectivity index (χ0n) is 18.5. The minimum atomic E-state index is 0.0276. The molecule has 4 rings (SSSR count). The van der Waals surface area contributed by atoms with Gasteiger partial charge in [-0.1, -0.05) is 0 Å². The normalized spacial score (nSPS) is 18.8. The second kappa shape index (κ2) is 10.5. The summed E-state index contributed by atoms with van der Waals surface area (Å²) in [6.45, 7) is 4.43. The molecule has 7 heteroatoms. The fourth-order valence-corrected chi connectivity index (χ4v) is 4.16. The summed E-state index contributed by atoms with van der Waals surface area (Å²) in [4.78, 5) is 29.1. The van der Waals surface area contributed by atoms with Crippen molar-refractivity contribution in [1.29, 1.82) is 0 Å². The van der Waals surface area contributed by atoms with Crippen LogP contribution in [0, 0.1) is 5.92 Å². The van der Waals surface area contributed by atoms with E-state index in [1.165, 1.54) is 0 Å². The average Bonchev–Trinajstić information content (AvgIpc) is 2.87. The lowest BCUT2D eigenvalue weighted by atomic mass is 9.98. The van der Waals surface area contributed by atoms with E-state index in [4.69, 9.17) is 14.2 Å². The van der Waals surface area contributed by atoms with Crippen LogP contribution in [-0.4, -0.2) is 74.7 Å². The summed E-state index contributed by atoms with van der Waals surface area (Å²) in [5, 5.41) is 0. The molecule has 2 heterocycles. The van der Waals surface area contributed by atoms with Gasteiger partial charge in [0, 0.05) is 43.2 Å². The third kappa shape index (κ3) is 5.40. The molecule has 2 aliphatic heterocycles. The second-order valence-electron chi connectivity index (χ2n) is 8.23. The zero-order chi connectivity index (χ0) is 22.3. The van der Waals surface area contributed by atoms with E-state index in [1.807, 2.05) is 46.2 Å². The maximum absolute atomic E-state index is 12.9. The molecule has 2 amide bonds. The number of hydrogen-bond acceptors (Lipinski definition) is 5. The summed E-state index contributed by atoms with van der Waals surface area (Å²) >= 11 is 0. The molecule has 2 aromatic carbocycles. The number of ether oxygens (including phenoxy) is 3. The van der Waals surface area contributed by atoms with Crippen molar-refractivity contribution in [3.8, 4) is 11.5 Å². The van der Waals surface area contributed by atoms with Crippen LogP contribution in [0.25, 0.3) is 0 Å². The van der Waals surface area contributed by atoms with E-state index < -0.39 is 0 Å². The highest BCUT2D eigenvalue weighted by molar-refractivity contribution is 5.95. The maximum atomic E-state index is 12.9. The summed E-state index contributed by atoms with van der Waals surface area (Å²) in [5.41, 5.74) is 1.33. The molecule has 2 saturated heterocycles. The molecule has 2 aliphatic rings. The molecule has 2 aromatic rings. The molecule has 0 spiro atoms. The van der Waals surface area contributed by atoms with E-state index in [-0.39, 0.29) is 17.7 Å². The van der Waals surface area contributed by atoms with Crippen LogP contribution in [0.1, 0.15) is 33.6 Å². The zero-order valence-corrected chi connectivity index (χ0v) is 18.5. The summed E-state index contributed by atoms with van der Waals surface area (Å²) in [6, 6.07) is 14.5. The van der Waals surface area contributed by atoms with E-state index in [1.54, 1.807) is 19.2 Å². The third-order valence-corrected chi connectivity index (χ3v) is 6.03. The molecule has 2 fully saturated rings. The van der Waals surface area contributed by atoms with E-state index in [0.717, 1.165) is 30.9 Å². The Morgan fingerprint density at radius 3 is 2.09 bits per heavy atom. The van der Waals surface area contributed by atoms with Gasteiger partial charge in [-0.3, -0.25) is 9.59 Å². The van der Waals surface area contributed by atoms with Gasteiger partial charge in [0.2, 0.25) is 0 Å². The van der Waals surface area contributed by atoms with Crippen molar-refractivity contribution < 1.29 is 23.8 Å². The smallest absolute Gasteiger partial charge is 0.254 e. The predicted octanol–water partition coefficient (Wildman–Crippen LogP) is 3.10. The molecule has 170 valence electrons. The molecule has 0 bridgehead atoms. The van der Waals surface area contributed by atoms with Crippen LogP contribution in [0.5, 0.6) is 11.5 Å². The first-order chi connectivity index (χ1) is 15.6. The molecular formula is C25H30N2O5. The number of methoxy groups -OCH3 is 1. The Balaban J connectivity index is 1.28. The first-order valence-electron chi connectivity index (χ1n) is 11.2. The molecule has 32 heavy (non-hydrogen) atoms. The molecule has 0 radical (unpaired) electrons. The maximum Gasteiger partial charge on any atom is 0.254 e. The van der Waals surface area contributed by atoms with Gasteiger partial charge in [0.15, 0.2) is 0 Å². The van der Waals surface area contributed by atoms with Gasteiger partial charge < -0.3 is 24.0 Å². The van der Waals surface area contributed by atoms with E-state index >= 15 is 0 Å². The third-order valence-electron chi connectivity index (χ3n) is 6.03. The van der Waals surface area contributed by atoms with E-state index in [9.17, 15) is 9.59 Å². The summed E-state index contributed by atoms with van der Waals surface area (Å²) in [5.74, 6) is 1.83. The van der Waals surface area contributed by atoms with Crippen molar-refractivity contribution in [2.24, 2.45) is 5.92 Å². The van der Waals surface area contributed by atoms with E-state index in [0.29, 0.717) is 50.6 Å². The lowest BCUT2D eigenvalue weighted by molar-refractivity contribution is 0.0303. The van der Waals surface area contributed by atoms with Crippen LogP contribution in [0.15, 0.2) is 48.5 Å². The Morgan fingerprint density at radius 2 is 1.47 bits per heavy atom. The Kier molecular flexibility index (Phi) is 7.27. The number of likely N-dealkylation sites (tertiary alicyclic amines) is 1. The van der Waals surface area contributed by atoms with Crippen molar-refractivity contribution >= 4 is 11.8 Å². The van der Waals surface area contributed by atoms with Crippen molar-refractivity contribution in [3.63, 3.8) is 0 Å². The highest BCUT2D eigenvalue weighted by Gasteiger charge is 2.25. The van der Waals surface area contributed by atoms with Crippen molar-refractivity contribution in [1.82, 2.24) is 9.80 Å². The van der Waals surface area contributed by atoms with Gasteiger partial charge in [-0.2, -0.15) is 0 Å². The molecule has 7 nitrogen and oxygen atoms in total. The second-order valence-corrected chi connectivity index (χ2v) is 8.23.